The zero-order valence-electron chi connectivity index (χ0n) is 17.7. The van der Waals surface area contributed by atoms with E-state index >= 15 is 0 Å². The number of carbonyl (C=O) groups is 1. The maximum Gasteiger partial charge on any atom is 0.270 e. The van der Waals surface area contributed by atoms with Gasteiger partial charge in [0, 0.05) is 24.4 Å². The van der Waals surface area contributed by atoms with Gasteiger partial charge in [-0.3, -0.25) is 9.20 Å². The van der Waals surface area contributed by atoms with Crippen molar-refractivity contribution < 1.29 is 9.18 Å². The molecular formula is C24H23ClFN5O. The van der Waals surface area contributed by atoms with E-state index in [1.807, 2.05) is 23.9 Å². The molecule has 0 radical (unpaired) electrons. The van der Waals surface area contributed by atoms with Crippen molar-refractivity contribution in [3.05, 3.63) is 82.3 Å². The van der Waals surface area contributed by atoms with E-state index in [4.69, 9.17) is 11.6 Å². The Balaban J connectivity index is 1.38. The van der Waals surface area contributed by atoms with E-state index in [1.165, 1.54) is 12.1 Å². The molecule has 8 heteroatoms. The van der Waals surface area contributed by atoms with Gasteiger partial charge in [0.1, 0.15) is 17.2 Å². The zero-order valence-corrected chi connectivity index (χ0v) is 18.4. The van der Waals surface area contributed by atoms with E-state index in [0.29, 0.717) is 29.3 Å². The van der Waals surface area contributed by atoms with Crippen molar-refractivity contribution in [1.29, 1.82) is 0 Å². The van der Waals surface area contributed by atoms with Gasteiger partial charge in [-0.25, -0.2) is 14.1 Å². The van der Waals surface area contributed by atoms with Gasteiger partial charge in [0.05, 0.1) is 22.6 Å². The standard InChI is InChI=1S/C24H23ClFN5O/c1-2-20-23(30-14-16(25)6-11-22(30)29-20)24(32)27-12-15-4-3-5-21-19(15)13-28-31(21)18-9-7-17(26)8-10-18/h6-11,13-15H,2-5,12H2,1H3,(H,27,32). The number of fused-ring (bicyclic) bond motifs is 2. The monoisotopic (exact) mass is 451 g/mol. The van der Waals surface area contributed by atoms with Crippen LogP contribution in [-0.2, 0) is 12.8 Å². The van der Waals surface area contributed by atoms with E-state index in [-0.39, 0.29) is 17.6 Å². The van der Waals surface area contributed by atoms with Gasteiger partial charge in [-0.05, 0) is 67.6 Å². The van der Waals surface area contributed by atoms with E-state index < -0.39 is 0 Å². The highest BCUT2D eigenvalue weighted by molar-refractivity contribution is 6.30. The summed E-state index contributed by atoms with van der Waals surface area (Å²) in [4.78, 5) is 17.7. The number of carbonyl (C=O) groups excluding carboxylic acids is 1. The third-order valence-electron chi connectivity index (χ3n) is 6.09. The van der Waals surface area contributed by atoms with Crippen LogP contribution in [-0.4, -0.2) is 31.6 Å². The summed E-state index contributed by atoms with van der Waals surface area (Å²) in [6.07, 6.45) is 7.14. The average molecular weight is 452 g/mol. The lowest BCUT2D eigenvalue weighted by atomic mass is 9.87. The van der Waals surface area contributed by atoms with Gasteiger partial charge in [0.15, 0.2) is 0 Å². The molecule has 3 heterocycles. The first-order valence-electron chi connectivity index (χ1n) is 10.8. The summed E-state index contributed by atoms with van der Waals surface area (Å²) in [6, 6.07) is 9.93. The molecule has 1 atom stereocenters. The third kappa shape index (κ3) is 3.66. The first kappa shape index (κ1) is 20.7. The summed E-state index contributed by atoms with van der Waals surface area (Å²) in [6.45, 7) is 2.50. The molecule has 1 aromatic carbocycles. The first-order chi connectivity index (χ1) is 15.5. The van der Waals surface area contributed by atoms with E-state index in [0.717, 1.165) is 41.9 Å². The molecule has 1 N–H and O–H groups in total. The van der Waals surface area contributed by atoms with Gasteiger partial charge >= 0.3 is 0 Å². The molecule has 3 aromatic heterocycles. The number of hydrogen-bond donors (Lipinski definition) is 1. The number of amides is 1. The molecule has 0 fully saturated rings. The molecule has 32 heavy (non-hydrogen) atoms. The zero-order chi connectivity index (χ0) is 22.2. The van der Waals surface area contributed by atoms with E-state index in [2.05, 4.69) is 15.4 Å². The summed E-state index contributed by atoms with van der Waals surface area (Å²) < 4.78 is 17.0. The number of pyridine rings is 1. The fourth-order valence-corrected chi connectivity index (χ4v) is 4.68. The Hall–Kier alpha value is -3.19. The summed E-state index contributed by atoms with van der Waals surface area (Å²) in [7, 11) is 0. The van der Waals surface area contributed by atoms with Crippen molar-refractivity contribution >= 4 is 23.2 Å². The van der Waals surface area contributed by atoms with Crippen molar-refractivity contribution in [2.24, 2.45) is 0 Å². The number of aromatic nitrogens is 4. The van der Waals surface area contributed by atoms with Gasteiger partial charge in [-0.15, -0.1) is 0 Å². The minimum Gasteiger partial charge on any atom is -0.350 e. The van der Waals surface area contributed by atoms with Crippen LogP contribution in [0.15, 0.2) is 48.8 Å². The topological polar surface area (TPSA) is 64.2 Å². The molecule has 0 saturated heterocycles. The summed E-state index contributed by atoms with van der Waals surface area (Å²) in [5, 5.41) is 8.22. The number of nitrogens with zero attached hydrogens (tertiary/aromatic N) is 4. The highest BCUT2D eigenvalue weighted by atomic mass is 35.5. The molecule has 1 aliphatic carbocycles. The largest absolute Gasteiger partial charge is 0.350 e. The first-order valence-corrected chi connectivity index (χ1v) is 11.2. The van der Waals surface area contributed by atoms with Gasteiger partial charge in [-0.2, -0.15) is 5.10 Å². The van der Waals surface area contributed by atoms with E-state index in [9.17, 15) is 9.18 Å². The molecule has 1 unspecified atom stereocenters. The Kier molecular flexibility index (Phi) is 5.43. The van der Waals surface area contributed by atoms with Crippen molar-refractivity contribution in [2.45, 2.75) is 38.5 Å². The van der Waals surface area contributed by atoms with Crippen LogP contribution >= 0.6 is 11.6 Å². The maximum absolute atomic E-state index is 13.3. The van der Waals surface area contributed by atoms with Crippen LogP contribution in [0.4, 0.5) is 4.39 Å². The Morgan fingerprint density at radius 1 is 1.25 bits per heavy atom. The van der Waals surface area contributed by atoms with Crippen molar-refractivity contribution in [3.63, 3.8) is 0 Å². The maximum atomic E-state index is 13.3. The molecule has 4 aromatic rings. The molecule has 0 saturated carbocycles. The fraction of sp³-hybridized carbons (Fsp3) is 0.292. The van der Waals surface area contributed by atoms with Crippen LogP contribution in [0.25, 0.3) is 11.3 Å². The number of benzene rings is 1. The Bertz CT molecular complexity index is 1290. The predicted octanol–water partition coefficient (Wildman–Crippen LogP) is 4.72. The number of nitrogens with one attached hydrogen (secondary N) is 1. The summed E-state index contributed by atoms with van der Waals surface area (Å²) >= 11 is 6.15. The lowest BCUT2D eigenvalue weighted by Gasteiger charge is -2.23. The Morgan fingerprint density at radius 2 is 2.06 bits per heavy atom. The van der Waals surface area contributed by atoms with Crippen LogP contribution < -0.4 is 5.32 Å². The molecule has 1 aliphatic rings. The summed E-state index contributed by atoms with van der Waals surface area (Å²) in [5.74, 6) is -0.255. The van der Waals surface area contributed by atoms with E-state index in [1.54, 1.807) is 28.8 Å². The van der Waals surface area contributed by atoms with Crippen molar-refractivity contribution in [3.8, 4) is 5.69 Å². The van der Waals surface area contributed by atoms with Gasteiger partial charge in [0.25, 0.3) is 5.91 Å². The molecule has 164 valence electrons. The lowest BCUT2D eigenvalue weighted by Crippen LogP contribution is -2.31. The van der Waals surface area contributed by atoms with Crippen molar-refractivity contribution in [1.82, 2.24) is 24.5 Å². The van der Waals surface area contributed by atoms with Crippen LogP contribution in [0.5, 0.6) is 0 Å². The quantitative estimate of drug-likeness (QED) is 0.477. The van der Waals surface area contributed by atoms with Gasteiger partial charge in [-0.1, -0.05) is 18.5 Å². The fourth-order valence-electron chi connectivity index (χ4n) is 4.52. The molecule has 0 aliphatic heterocycles. The molecule has 0 bridgehead atoms. The molecule has 0 spiro atoms. The minimum atomic E-state index is -0.268. The van der Waals surface area contributed by atoms with Crippen molar-refractivity contribution in [2.75, 3.05) is 6.54 Å². The third-order valence-corrected chi connectivity index (χ3v) is 6.32. The number of imidazole rings is 1. The molecule has 6 nitrogen and oxygen atoms in total. The number of rotatable bonds is 5. The van der Waals surface area contributed by atoms with Crippen LogP contribution in [0.1, 0.15) is 53.1 Å². The lowest BCUT2D eigenvalue weighted by molar-refractivity contribution is 0.0943. The Morgan fingerprint density at radius 3 is 2.84 bits per heavy atom. The smallest absolute Gasteiger partial charge is 0.270 e. The second kappa shape index (κ2) is 8.39. The molecule has 5 rings (SSSR count). The molecular weight excluding hydrogens is 429 g/mol. The number of aryl methyl sites for hydroxylation is 1. The molecule has 1 amide bonds. The summed E-state index contributed by atoms with van der Waals surface area (Å²) in [5.41, 5.74) is 5.08. The SMILES string of the molecule is CCc1nc2ccc(Cl)cn2c1C(=O)NCC1CCCc2c1cnn2-c1ccc(F)cc1. The second-order valence-electron chi connectivity index (χ2n) is 8.07. The number of halogens is 2. The minimum absolute atomic E-state index is 0.158. The highest BCUT2D eigenvalue weighted by Gasteiger charge is 2.26. The van der Waals surface area contributed by atoms with Crippen LogP contribution in [0, 0.1) is 5.82 Å². The highest BCUT2D eigenvalue weighted by Crippen LogP contribution is 2.32. The predicted molar refractivity (Wildman–Crippen MR) is 121 cm³/mol. The normalized spacial score (nSPS) is 15.7. The Labute approximate surface area is 190 Å². The average Bonchev–Trinajstić information content (AvgIpc) is 3.39. The van der Waals surface area contributed by atoms with Crippen LogP contribution in [0.3, 0.4) is 0 Å². The second-order valence-corrected chi connectivity index (χ2v) is 8.51. The van der Waals surface area contributed by atoms with Crippen LogP contribution in [0.2, 0.25) is 5.02 Å². The van der Waals surface area contributed by atoms with Gasteiger partial charge < -0.3 is 5.32 Å². The number of hydrogen-bond acceptors (Lipinski definition) is 3. The van der Waals surface area contributed by atoms with Gasteiger partial charge in [0.2, 0.25) is 0 Å².